The van der Waals surface area contributed by atoms with Crippen molar-refractivity contribution in [1.82, 2.24) is 0 Å². The first-order chi connectivity index (χ1) is 7.97. The summed E-state index contributed by atoms with van der Waals surface area (Å²) in [4.78, 5) is 24.8. The van der Waals surface area contributed by atoms with Gasteiger partial charge in [-0.3, -0.25) is 9.59 Å². The van der Waals surface area contributed by atoms with Crippen LogP contribution in [0, 0.1) is 0 Å². The minimum Gasteiger partial charge on any atom is -0.410 e. The molecule has 0 atom stereocenters. The molecule has 1 aromatic rings. The van der Waals surface area contributed by atoms with Gasteiger partial charge in [-0.15, -0.1) is 0 Å². The summed E-state index contributed by atoms with van der Waals surface area (Å²) in [5.74, 6) is -1.14. The number of carbonyl (C=O) groups is 2. The highest BCUT2D eigenvalue weighted by atomic mass is 16.4. The summed E-state index contributed by atoms with van der Waals surface area (Å²) in [6.07, 6.45) is 0. The normalized spacial score (nSPS) is 11.1. The maximum atomic E-state index is 11.9. The zero-order valence-electron chi connectivity index (χ0n) is 9.97. The van der Waals surface area contributed by atoms with Crippen LogP contribution < -0.4 is 4.90 Å². The number of ketones is 2. The van der Waals surface area contributed by atoms with Gasteiger partial charge in [-0.2, -0.15) is 0 Å². The summed E-state index contributed by atoms with van der Waals surface area (Å²) >= 11 is 0. The van der Waals surface area contributed by atoms with Gasteiger partial charge >= 0.3 is 0 Å². The van der Waals surface area contributed by atoms with Crippen LogP contribution in [0.2, 0.25) is 0 Å². The van der Waals surface area contributed by atoms with Gasteiger partial charge in [0, 0.05) is 32.3 Å². The molecule has 0 aromatic heterocycles. The van der Waals surface area contributed by atoms with E-state index in [-0.39, 0.29) is 0 Å². The molecular weight excluding hydrogens is 220 g/mol. The van der Waals surface area contributed by atoms with Crippen molar-refractivity contribution in [3.63, 3.8) is 0 Å². The third-order valence-corrected chi connectivity index (χ3v) is 2.27. The van der Waals surface area contributed by atoms with Crippen LogP contribution in [-0.4, -0.2) is 36.6 Å². The first-order valence-corrected chi connectivity index (χ1v) is 5.02. The Bertz CT molecular complexity index is 478. The molecule has 5 heteroatoms. The molecule has 5 nitrogen and oxygen atoms in total. The van der Waals surface area contributed by atoms with Crippen molar-refractivity contribution < 1.29 is 14.8 Å². The van der Waals surface area contributed by atoms with Gasteiger partial charge in [0.1, 0.15) is 0 Å². The monoisotopic (exact) mass is 234 g/mol. The average molecular weight is 234 g/mol. The molecule has 1 N–H and O–H groups in total. The molecule has 17 heavy (non-hydrogen) atoms. The molecule has 0 aliphatic carbocycles. The molecule has 0 spiro atoms. The SMILES string of the molecule is CC(=O)C(=NO)C(=O)c1cccc(N(C)C)c1. The Morgan fingerprint density at radius 3 is 2.41 bits per heavy atom. The summed E-state index contributed by atoms with van der Waals surface area (Å²) in [6.45, 7) is 1.18. The first-order valence-electron chi connectivity index (χ1n) is 5.02. The number of anilines is 1. The van der Waals surface area contributed by atoms with Crippen molar-refractivity contribution in [2.24, 2.45) is 5.16 Å². The lowest BCUT2D eigenvalue weighted by Gasteiger charge is -2.13. The number of rotatable bonds is 4. The van der Waals surface area contributed by atoms with E-state index in [0.717, 1.165) is 5.69 Å². The van der Waals surface area contributed by atoms with Crippen molar-refractivity contribution >= 4 is 23.0 Å². The smallest absolute Gasteiger partial charge is 0.218 e. The molecule has 1 rings (SSSR count). The van der Waals surface area contributed by atoms with Crippen LogP contribution in [0.15, 0.2) is 29.4 Å². The van der Waals surface area contributed by atoms with E-state index in [2.05, 4.69) is 5.16 Å². The Labute approximate surface area is 99.3 Å². The molecule has 0 saturated heterocycles. The summed E-state index contributed by atoms with van der Waals surface area (Å²) in [5.41, 5.74) is 0.691. The average Bonchev–Trinajstić information content (AvgIpc) is 2.29. The fraction of sp³-hybridized carbons (Fsp3) is 0.250. The molecule has 0 saturated carbocycles. The van der Waals surface area contributed by atoms with Gasteiger partial charge in [-0.05, 0) is 12.1 Å². The van der Waals surface area contributed by atoms with E-state index in [1.54, 1.807) is 18.2 Å². The summed E-state index contributed by atoms with van der Waals surface area (Å²) in [5, 5.41) is 11.4. The van der Waals surface area contributed by atoms with Gasteiger partial charge in [-0.1, -0.05) is 17.3 Å². The Kier molecular flexibility index (Phi) is 3.98. The molecule has 0 amide bonds. The van der Waals surface area contributed by atoms with E-state index in [1.165, 1.54) is 6.92 Å². The van der Waals surface area contributed by atoms with Crippen LogP contribution in [0.5, 0.6) is 0 Å². The standard InChI is InChI=1S/C12H14N2O3/c1-8(15)11(13-17)12(16)9-5-4-6-10(7-9)14(2)3/h4-7,17H,1-3H3. The Hall–Kier alpha value is -2.17. The second kappa shape index (κ2) is 5.25. The molecule has 0 heterocycles. The van der Waals surface area contributed by atoms with Crippen molar-refractivity contribution in [3.8, 4) is 0 Å². The highest BCUT2D eigenvalue weighted by molar-refractivity contribution is 6.68. The number of hydrogen-bond donors (Lipinski definition) is 1. The summed E-state index contributed by atoms with van der Waals surface area (Å²) in [6, 6.07) is 6.75. The van der Waals surface area contributed by atoms with Gasteiger partial charge in [0.15, 0.2) is 11.5 Å². The minimum atomic E-state index is -0.580. The second-order valence-corrected chi connectivity index (χ2v) is 3.78. The first kappa shape index (κ1) is 12.9. The van der Waals surface area contributed by atoms with E-state index in [4.69, 9.17) is 5.21 Å². The number of carbonyl (C=O) groups excluding carboxylic acids is 2. The lowest BCUT2D eigenvalue weighted by atomic mass is 10.0. The highest BCUT2D eigenvalue weighted by Gasteiger charge is 2.19. The summed E-state index contributed by atoms with van der Waals surface area (Å²) in [7, 11) is 3.69. The fourth-order valence-electron chi connectivity index (χ4n) is 1.34. The highest BCUT2D eigenvalue weighted by Crippen LogP contribution is 2.14. The number of oxime groups is 1. The van der Waals surface area contributed by atoms with Crippen LogP contribution in [-0.2, 0) is 4.79 Å². The van der Waals surface area contributed by atoms with E-state index in [0.29, 0.717) is 5.56 Å². The molecule has 0 aliphatic heterocycles. The number of Topliss-reactive ketones (excluding diaryl/α,β-unsaturated/α-hetero) is 2. The van der Waals surface area contributed by atoms with E-state index < -0.39 is 17.3 Å². The van der Waals surface area contributed by atoms with Crippen molar-refractivity contribution in [2.45, 2.75) is 6.92 Å². The van der Waals surface area contributed by atoms with Crippen LogP contribution in [0.1, 0.15) is 17.3 Å². The lowest BCUT2D eigenvalue weighted by Crippen LogP contribution is -2.22. The van der Waals surface area contributed by atoms with Crippen LogP contribution in [0.25, 0.3) is 0 Å². The number of nitrogens with zero attached hydrogens (tertiary/aromatic N) is 2. The maximum absolute atomic E-state index is 11.9. The Balaban J connectivity index is 3.13. The Morgan fingerprint density at radius 2 is 1.94 bits per heavy atom. The van der Waals surface area contributed by atoms with Crippen molar-refractivity contribution in [2.75, 3.05) is 19.0 Å². The molecule has 1 aromatic carbocycles. The van der Waals surface area contributed by atoms with Crippen molar-refractivity contribution in [3.05, 3.63) is 29.8 Å². The topological polar surface area (TPSA) is 70.0 Å². The maximum Gasteiger partial charge on any atom is 0.218 e. The van der Waals surface area contributed by atoms with E-state index in [1.807, 2.05) is 25.1 Å². The minimum absolute atomic E-state index is 0.319. The molecular formula is C12H14N2O3. The van der Waals surface area contributed by atoms with Gasteiger partial charge < -0.3 is 10.1 Å². The Morgan fingerprint density at radius 1 is 1.29 bits per heavy atom. The van der Waals surface area contributed by atoms with Crippen molar-refractivity contribution in [1.29, 1.82) is 0 Å². The zero-order chi connectivity index (χ0) is 13.0. The number of benzene rings is 1. The van der Waals surface area contributed by atoms with Crippen LogP contribution in [0.4, 0.5) is 5.69 Å². The van der Waals surface area contributed by atoms with Gasteiger partial charge in [0.05, 0.1) is 0 Å². The van der Waals surface area contributed by atoms with Gasteiger partial charge in [0.2, 0.25) is 5.78 Å². The molecule has 0 aliphatic rings. The van der Waals surface area contributed by atoms with Crippen LogP contribution >= 0.6 is 0 Å². The third-order valence-electron chi connectivity index (χ3n) is 2.27. The molecule has 0 unspecified atom stereocenters. The lowest BCUT2D eigenvalue weighted by molar-refractivity contribution is -0.111. The molecule has 0 radical (unpaired) electrons. The molecule has 0 bridgehead atoms. The van der Waals surface area contributed by atoms with E-state index in [9.17, 15) is 9.59 Å². The molecule has 90 valence electrons. The summed E-state index contributed by atoms with van der Waals surface area (Å²) < 4.78 is 0. The fourth-order valence-corrected chi connectivity index (χ4v) is 1.34. The van der Waals surface area contributed by atoms with Gasteiger partial charge in [-0.25, -0.2) is 0 Å². The van der Waals surface area contributed by atoms with Crippen LogP contribution in [0.3, 0.4) is 0 Å². The quantitative estimate of drug-likeness (QED) is 0.281. The second-order valence-electron chi connectivity index (χ2n) is 3.78. The zero-order valence-corrected chi connectivity index (χ0v) is 9.97. The predicted molar refractivity (Wildman–Crippen MR) is 65.0 cm³/mol. The largest absolute Gasteiger partial charge is 0.410 e. The predicted octanol–water partition coefficient (Wildman–Crippen LogP) is 1.35. The van der Waals surface area contributed by atoms with Gasteiger partial charge in [0.25, 0.3) is 0 Å². The molecule has 0 fully saturated rings. The number of hydrogen-bond acceptors (Lipinski definition) is 5. The van der Waals surface area contributed by atoms with E-state index >= 15 is 0 Å². The third kappa shape index (κ3) is 2.90.